The van der Waals surface area contributed by atoms with Crippen molar-refractivity contribution in [1.29, 1.82) is 0 Å². The van der Waals surface area contributed by atoms with Gasteiger partial charge in [-0.15, -0.1) is 0 Å². The summed E-state index contributed by atoms with van der Waals surface area (Å²) in [6.07, 6.45) is 0. The maximum absolute atomic E-state index is 11.8. The van der Waals surface area contributed by atoms with Crippen molar-refractivity contribution in [3.05, 3.63) is 29.3 Å². The van der Waals surface area contributed by atoms with Crippen LogP contribution in [0.1, 0.15) is 11.1 Å². The normalized spacial score (nSPS) is 12.8. The molecule has 0 aromatic heterocycles. The molecule has 0 heterocycles. The highest BCUT2D eigenvalue weighted by atomic mass is 32.2. The first kappa shape index (κ1) is 13.4. The lowest BCUT2D eigenvalue weighted by Crippen LogP contribution is -2.06. The van der Waals surface area contributed by atoms with Crippen molar-refractivity contribution in [2.75, 3.05) is 13.3 Å². The summed E-state index contributed by atoms with van der Waals surface area (Å²) in [6.45, 7) is 6.09. The molecule has 6 heteroatoms. The Balaban J connectivity index is 3.23. The van der Waals surface area contributed by atoms with E-state index in [1.165, 1.54) is 19.4 Å². The van der Waals surface area contributed by atoms with E-state index in [-0.39, 0.29) is 4.90 Å². The quantitative estimate of drug-likeness (QED) is 0.785. The summed E-state index contributed by atoms with van der Waals surface area (Å²) >= 11 is 0. The van der Waals surface area contributed by atoms with Gasteiger partial charge in [-0.05, 0) is 25.5 Å². The van der Waals surface area contributed by atoms with Crippen molar-refractivity contribution >= 4 is 17.5 Å². The topological polar surface area (TPSA) is 60.4 Å². The third kappa shape index (κ3) is 3.44. The van der Waals surface area contributed by atoms with Crippen molar-refractivity contribution in [3.63, 3.8) is 0 Å². The number of hydrogen-bond donors (Lipinski definition) is 0. The average Bonchev–Trinajstić information content (AvgIpc) is 1.97. The maximum Gasteiger partial charge on any atom is 0.302 e. The third-order valence-corrected chi connectivity index (χ3v) is 5.10. The van der Waals surface area contributed by atoms with E-state index < -0.39 is 17.5 Å². The molecule has 4 nitrogen and oxygen atoms in total. The molecule has 0 spiro atoms. The Labute approximate surface area is 96.2 Å². The van der Waals surface area contributed by atoms with E-state index in [1.807, 2.05) is 6.92 Å². The van der Waals surface area contributed by atoms with Crippen LogP contribution < -0.4 is 0 Å². The van der Waals surface area contributed by atoms with Crippen molar-refractivity contribution in [2.24, 2.45) is 0 Å². The summed E-state index contributed by atoms with van der Waals surface area (Å²) in [7, 11) is -7.00. The molecule has 0 amide bonds. The van der Waals surface area contributed by atoms with Crippen LogP contribution in [0.3, 0.4) is 0 Å². The zero-order chi connectivity index (χ0) is 12.6. The largest absolute Gasteiger partial charge is 0.302 e. The van der Waals surface area contributed by atoms with Crippen molar-refractivity contribution in [2.45, 2.75) is 18.7 Å². The molecule has 1 rings (SSSR count). The van der Waals surface area contributed by atoms with Crippen LogP contribution in [0.15, 0.2) is 23.1 Å². The zero-order valence-electron chi connectivity index (χ0n) is 9.72. The first-order chi connectivity index (χ1) is 7.12. The van der Waals surface area contributed by atoms with Crippen LogP contribution in [0.2, 0.25) is 0 Å². The van der Waals surface area contributed by atoms with Gasteiger partial charge in [0.15, 0.2) is 0 Å². The van der Waals surface area contributed by atoms with Gasteiger partial charge in [0, 0.05) is 13.3 Å². The predicted octanol–water partition coefficient (Wildman–Crippen LogP) is 2.55. The minimum atomic E-state index is -3.93. The summed E-state index contributed by atoms with van der Waals surface area (Å²) in [5.74, 6) is 0. The highest BCUT2D eigenvalue weighted by molar-refractivity contribution is 7.91. The smallest absolute Gasteiger partial charge is 0.292 e. The summed E-state index contributed by atoms with van der Waals surface area (Å²) in [5.41, 5.74) is 1.56. The van der Waals surface area contributed by atoms with E-state index in [9.17, 15) is 13.0 Å². The van der Waals surface area contributed by atoms with Gasteiger partial charge >= 0.3 is 10.1 Å². The molecular formula is C10H15O4PS. The van der Waals surface area contributed by atoms with Gasteiger partial charge in [0.1, 0.15) is 0 Å². The van der Waals surface area contributed by atoms with Gasteiger partial charge in [0.25, 0.3) is 0 Å². The van der Waals surface area contributed by atoms with Crippen LogP contribution in [0.25, 0.3) is 0 Å². The first-order valence-corrected chi connectivity index (χ1v) is 8.63. The Kier molecular flexibility index (Phi) is 3.62. The van der Waals surface area contributed by atoms with E-state index in [4.69, 9.17) is 0 Å². The molecule has 0 fully saturated rings. The third-order valence-electron chi connectivity index (χ3n) is 1.88. The van der Waals surface area contributed by atoms with E-state index in [0.717, 1.165) is 5.56 Å². The second kappa shape index (κ2) is 4.32. The maximum atomic E-state index is 11.8. The molecule has 0 radical (unpaired) electrons. The molecule has 0 atom stereocenters. The highest BCUT2D eigenvalue weighted by Crippen LogP contribution is 2.41. The first-order valence-electron chi connectivity index (χ1n) is 4.70. The fourth-order valence-electron chi connectivity index (χ4n) is 1.36. The van der Waals surface area contributed by atoms with Crippen LogP contribution in [0.4, 0.5) is 0 Å². The summed E-state index contributed by atoms with van der Waals surface area (Å²) < 4.78 is 39.6. The van der Waals surface area contributed by atoms with Crippen molar-refractivity contribution in [1.82, 2.24) is 0 Å². The number of rotatable bonds is 3. The number of aryl methyl sites for hydroxylation is 2. The van der Waals surface area contributed by atoms with E-state index in [2.05, 4.69) is 3.97 Å². The Hall–Kier alpha value is -0.640. The Bertz CT molecular complexity index is 542. The van der Waals surface area contributed by atoms with Crippen LogP contribution in [0.5, 0.6) is 0 Å². The molecule has 0 saturated heterocycles. The van der Waals surface area contributed by atoms with Crippen LogP contribution >= 0.6 is 7.37 Å². The van der Waals surface area contributed by atoms with Crippen molar-refractivity contribution in [3.8, 4) is 0 Å². The van der Waals surface area contributed by atoms with Gasteiger partial charge in [-0.25, -0.2) is 3.97 Å². The molecule has 0 aliphatic rings. The Morgan fingerprint density at radius 3 is 2.19 bits per heavy atom. The molecule has 0 unspecified atom stereocenters. The zero-order valence-corrected chi connectivity index (χ0v) is 11.4. The summed E-state index contributed by atoms with van der Waals surface area (Å²) in [4.78, 5) is 0.0713. The average molecular weight is 262 g/mol. The monoisotopic (exact) mass is 262 g/mol. The van der Waals surface area contributed by atoms with E-state index >= 15 is 0 Å². The van der Waals surface area contributed by atoms with Gasteiger partial charge in [-0.2, -0.15) is 8.42 Å². The Morgan fingerprint density at radius 2 is 1.75 bits per heavy atom. The second-order valence-corrected chi connectivity index (χ2v) is 8.50. The lowest BCUT2D eigenvalue weighted by molar-refractivity contribution is 0.467. The number of hydrogen-bond acceptors (Lipinski definition) is 4. The van der Waals surface area contributed by atoms with E-state index in [1.54, 1.807) is 19.1 Å². The van der Waals surface area contributed by atoms with Crippen LogP contribution in [0, 0.1) is 13.8 Å². The molecule has 0 N–H and O–H groups in total. The molecule has 0 aliphatic carbocycles. The minimum Gasteiger partial charge on any atom is -0.292 e. The molecule has 0 bridgehead atoms. The molecule has 1 aromatic rings. The van der Waals surface area contributed by atoms with Crippen molar-refractivity contribution < 1.29 is 17.0 Å². The summed E-state index contributed by atoms with van der Waals surface area (Å²) in [5, 5.41) is 0. The van der Waals surface area contributed by atoms with Gasteiger partial charge in [-0.3, -0.25) is 4.57 Å². The van der Waals surface area contributed by atoms with Gasteiger partial charge in [0.2, 0.25) is 7.37 Å². The minimum absolute atomic E-state index is 0.0713. The lowest BCUT2D eigenvalue weighted by Gasteiger charge is -2.11. The van der Waals surface area contributed by atoms with Crippen LogP contribution in [-0.2, 0) is 18.7 Å². The molecule has 0 saturated carbocycles. The summed E-state index contributed by atoms with van der Waals surface area (Å²) in [6, 6.07) is 4.89. The molecule has 0 aliphatic heterocycles. The second-order valence-electron chi connectivity index (χ2n) is 4.05. The predicted molar refractivity (Wildman–Crippen MR) is 63.6 cm³/mol. The lowest BCUT2D eigenvalue weighted by atomic mass is 10.2. The fraction of sp³-hybridized carbons (Fsp3) is 0.400. The van der Waals surface area contributed by atoms with Gasteiger partial charge in [0.05, 0.1) is 4.90 Å². The Morgan fingerprint density at radius 1 is 1.19 bits per heavy atom. The van der Waals surface area contributed by atoms with Gasteiger partial charge < -0.3 is 0 Å². The molecule has 16 heavy (non-hydrogen) atoms. The fourth-order valence-corrected chi connectivity index (χ4v) is 4.26. The SMILES string of the molecule is Cc1ccc(S(=O)(=O)OP(C)(C)=O)c(C)c1. The molecule has 1 aromatic carbocycles. The van der Waals surface area contributed by atoms with Gasteiger partial charge in [-0.1, -0.05) is 17.7 Å². The molecular weight excluding hydrogens is 247 g/mol. The van der Waals surface area contributed by atoms with E-state index in [0.29, 0.717) is 5.56 Å². The number of benzene rings is 1. The van der Waals surface area contributed by atoms with Crippen LogP contribution in [-0.4, -0.2) is 21.7 Å². The molecule has 90 valence electrons. The standard InChI is InChI=1S/C10H15O4PS/c1-8-5-6-10(9(2)7-8)16(12,13)14-15(3,4)11/h5-7H,1-4H3. The highest BCUT2D eigenvalue weighted by Gasteiger charge is 2.24.